The van der Waals surface area contributed by atoms with E-state index in [1.54, 1.807) is 0 Å². The zero-order valence-electron chi connectivity index (χ0n) is 72.6. The number of carboxylic acid groups (broad SMARTS) is 2. The number of carboxylic acids is 2. The third-order valence-corrected chi connectivity index (χ3v) is 25.0. The summed E-state index contributed by atoms with van der Waals surface area (Å²) in [5, 5.41) is 187. The van der Waals surface area contributed by atoms with Gasteiger partial charge in [-0.3, -0.25) is 46.5 Å². The number of rotatable bonds is 42. The molecule has 70 heteroatoms. The van der Waals surface area contributed by atoms with E-state index in [1.165, 1.54) is 12.1 Å². The molecule has 0 bridgehead atoms. The van der Waals surface area contributed by atoms with Gasteiger partial charge in [-0.15, -0.1) is 49.6 Å². The van der Waals surface area contributed by atoms with Gasteiger partial charge < -0.3 is 80.6 Å². The van der Waals surface area contributed by atoms with Gasteiger partial charge in [-0.25, -0.2) is 20.1 Å². The van der Waals surface area contributed by atoms with Crippen LogP contribution in [0.2, 0.25) is 0 Å². The standard InChI is InChI=1S/2C38H33N9O22S4/c2*1-17(50)39-19-2-7-22(28(14-19)72(60,61)62)40-43-31-27(70-69-68-56)12-18-13-29(73(63,64)65)32(36(52)30(18)35(31)51)44-41-23-15-26(67-11-9-49)24(16-25(23)66-10-8-48)42-45-33-34(38(54)55)46-47(37(33)53)20-3-5-21(6-4-20)71(57,58)59/h2*2-7,12-16,33,48-49,51-52,56H,8-11H2,1H3,(H,39,50)(H,54,55)(H,57,58,59)(H,60,61,62)(H,63,64,65). The molecule has 0 saturated carbocycles. The van der Waals surface area contributed by atoms with Crippen LogP contribution in [-0.4, -0.2) is 251 Å². The molecular weight excluding hydrogens is 2130 g/mol. The number of aliphatic hydroxyl groups is 4. The Balaban J connectivity index is 0.000000278. The van der Waals surface area contributed by atoms with Crippen LogP contribution in [0.25, 0.3) is 21.5 Å². The van der Waals surface area contributed by atoms with Crippen molar-refractivity contribution in [3.05, 3.63) is 133 Å². The van der Waals surface area contributed by atoms with Gasteiger partial charge >= 0.3 is 11.9 Å². The topological polar surface area (TPSA) is 949 Å². The summed E-state index contributed by atoms with van der Waals surface area (Å²) in [4.78, 5) is 68.4. The van der Waals surface area contributed by atoms with Crippen LogP contribution >= 0.6 is 24.1 Å². The molecule has 0 fully saturated rings. The summed E-state index contributed by atoms with van der Waals surface area (Å²) in [6.45, 7) is -2.22. The number of aliphatic carboxylic acids is 2. The maximum Gasteiger partial charge on any atom is 0.355 e. The number of fused-ring (bicyclic) bond motifs is 2. The van der Waals surface area contributed by atoms with Gasteiger partial charge in [-0.1, -0.05) is 10.1 Å². The number of carbonyl (C=O) groups excluding carboxylic acids is 4. The zero-order valence-corrected chi connectivity index (χ0v) is 79.1. The molecule has 0 radical (unpaired) electrons. The lowest BCUT2D eigenvalue weighted by Gasteiger charge is -2.14. The number of phenols is 4. The van der Waals surface area contributed by atoms with Crippen molar-refractivity contribution < 1.29 is 206 Å². The van der Waals surface area contributed by atoms with E-state index in [9.17, 15) is 158 Å². The van der Waals surface area contributed by atoms with Crippen LogP contribution in [0, 0.1) is 0 Å². The first kappa shape index (κ1) is 111. The quantitative estimate of drug-likeness (QED) is 0.00556. The first-order chi connectivity index (χ1) is 68.7. The Morgan fingerprint density at radius 1 is 0.370 bits per heavy atom. The van der Waals surface area contributed by atoms with Crippen molar-refractivity contribution in [2.24, 2.45) is 71.6 Å². The number of phenolic OH excluding ortho intramolecular Hbond substituents is 4. The van der Waals surface area contributed by atoms with Crippen LogP contribution in [-0.2, 0) is 108 Å². The lowest BCUT2D eigenvalue weighted by molar-refractivity contribution is -0.432. The van der Waals surface area contributed by atoms with Gasteiger partial charge in [-0.2, -0.15) is 91.2 Å². The fourth-order valence-electron chi connectivity index (χ4n) is 12.5. The highest BCUT2D eigenvalue weighted by molar-refractivity contribution is 7.95. The fraction of sp³-hybridized carbons (Fsp3) is 0.158. The number of aliphatic hydroxyl groups excluding tert-OH is 4. The van der Waals surface area contributed by atoms with E-state index in [4.69, 9.17) is 29.5 Å². The third kappa shape index (κ3) is 26.6. The number of aromatic hydroxyl groups is 4. The van der Waals surface area contributed by atoms with Crippen molar-refractivity contribution >= 4 is 233 Å². The number of amides is 4. The van der Waals surface area contributed by atoms with Crippen LogP contribution < -0.4 is 39.6 Å². The van der Waals surface area contributed by atoms with E-state index >= 15 is 0 Å². The molecule has 12 rings (SSSR count). The molecule has 10 aromatic rings. The molecular formula is C76H66N18O44S8. The van der Waals surface area contributed by atoms with Crippen molar-refractivity contribution in [2.75, 3.05) is 73.5 Å². The molecule has 146 heavy (non-hydrogen) atoms. The van der Waals surface area contributed by atoms with Crippen molar-refractivity contribution in [2.45, 2.75) is 65.1 Å². The largest absolute Gasteiger partial charge is 0.505 e. The van der Waals surface area contributed by atoms with E-state index in [0.717, 1.165) is 123 Å². The molecule has 10 aromatic carbocycles. The smallest absolute Gasteiger partial charge is 0.355 e. The molecule has 2 atom stereocenters. The molecule has 20 N–H and O–H groups in total. The number of nitrogens with one attached hydrogen (secondary N) is 2. The monoisotopic (exact) mass is 2190 g/mol. The summed E-state index contributed by atoms with van der Waals surface area (Å²) in [7, 11) is -30.2. The van der Waals surface area contributed by atoms with E-state index in [0.29, 0.717) is 22.2 Å². The number of carbonyl (C=O) groups is 6. The number of azo groups is 6. The van der Waals surface area contributed by atoms with Gasteiger partial charge in [0.25, 0.3) is 72.5 Å². The molecule has 0 aliphatic carbocycles. The normalized spacial score (nSPS) is 14.5. The van der Waals surface area contributed by atoms with E-state index < -0.39 is 313 Å². The predicted molar refractivity (Wildman–Crippen MR) is 491 cm³/mol. The minimum atomic E-state index is -5.40. The molecule has 0 spiro atoms. The number of nitrogens with zero attached hydrogens (tertiary/aromatic N) is 16. The minimum Gasteiger partial charge on any atom is -0.505 e. The van der Waals surface area contributed by atoms with Crippen LogP contribution in [0.15, 0.2) is 244 Å². The Morgan fingerprint density at radius 3 is 0.932 bits per heavy atom. The number of hydrogen-bond acceptors (Lipinski definition) is 52. The van der Waals surface area contributed by atoms with Crippen LogP contribution in [0.5, 0.6) is 46.0 Å². The van der Waals surface area contributed by atoms with E-state index in [2.05, 4.69) is 101 Å². The number of ether oxygens (including phenoxy) is 4. The predicted octanol–water partition coefficient (Wildman–Crippen LogP) is 9.78. The average molecular weight is 2190 g/mol. The lowest BCUT2D eigenvalue weighted by Crippen LogP contribution is -2.33. The van der Waals surface area contributed by atoms with Gasteiger partial charge in [0, 0.05) is 49.5 Å². The maximum absolute atomic E-state index is 13.5. The molecule has 0 saturated heterocycles. The minimum absolute atomic E-state index is 0.0912. The summed E-state index contributed by atoms with van der Waals surface area (Å²) < 4.78 is 237. The first-order valence-corrected chi connectivity index (χ1v) is 49.3. The molecule has 2 aliphatic heterocycles. The second-order valence-electron chi connectivity index (χ2n) is 28.3. The van der Waals surface area contributed by atoms with Crippen molar-refractivity contribution in [1.82, 2.24) is 0 Å². The fourth-order valence-corrected chi connectivity index (χ4v) is 17.1. The molecule has 62 nitrogen and oxygen atoms in total. The summed E-state index contributed by atoms with van der Waals surface area (Å²) in [6.07, 6.45) is 0. The maximum atomic E-state index is 13.5. The summed E-state index contributed by atoms with van der Waals surface area (Å²) >= 11 is 0.209. The molecule has 2 heterocycles. The second kappa shape index (κ2) is 46.6. The molecule has 0 aromatic heterocycles. The summed E-state index contributed by atoms with van der Waals surface area (Å²) in [5.74, 6) is -13.0. The van der Waals surface area contributed by atoms with Crippen LogP contribution in [0.3, 0.4) is 0 Å². The van der Waals surface area contributed by atoms with Crippen LogP contribution in [0.1, 0.15) is 13.8 Å². The zero-order chi connectivity index (χ0) is 107. The van der Waals surface area contributed by atoms with E-state index in [-0.39, 0.29) is 69.7 Å². The summed E-state index contributed by atoms with van der Waals surface area (Å²) in [5.41, 5.74) is -8.57. The van der Waals surface area contributed by atoms with Gasteiger partial charge in [0.1, 0.15) is 126 Å². The number of anilines is 4. The van der Waals surface area contributed by atoms with Crippen molar-refractivity contribution in [3.63, 3.8) is 0 Å². The number of benzene rings is 10. The SMILES string of the molecule is CC(=O)Nc1ccc(N=Nc2c(SOOO)cc3cc(S(=O)(=O)O)c(N=Nc4cc(OCCO)c(N=NC5C(=O)N(c6ccc(S(=O)(=O)O)cc6)N=C5C(=O)O)cc4OCCO)c(O)c3c2O)c(S(=O)(=O)O)c1.CC(=O)Nc1ccc(N=Nc2c(SOOO)cc3cc(S(=O)(=O)O)c(N=Nc4cc(OCCO)c(N=NC5C(=O)N(c6ccc(S(=O)(=O)O)cc6)N=C5C(=O)O)cc4OCCO)c(O)c3c2O)c(S(=O)(=O)O)c1. The Hall–Kier alpha value is -15.4. The van der Waals surface area contributed by atoms with Crippen molar-refractivity contribution in [3.8, 4) is 46.0 Å². The molecule has 772 valence electrons. The average Bonchev–Trinajstić information content (AvgIpc) is 1.08. The number of hydrogen-bond donors (Lipinski definition) is 20. The van der Waals surface area contributed by atoms with Gasteiger partial charge in [0.15, 0.2) is 34.4 Å². The molecule has 2 unspecified atom stereocenters. The van der Waals surface area contributed by atoms with Gasteiger partial charge in [0.05, 0.1) is 92.2 Å². The highest BCUT2D eigenvalue weighted by Gasteiger charge is 2.44. The highest BCUT2D eigenvalue weighted by atomic mass is 32.2. The Kier molecular flexibility index (Phi) is 35.4. The second-order valence-corrected chi connectivity index (χ2v) is 38.2. The molecule has 2 aliphatic rings. The van der Waals surface area contributed by atoms with Crippen LogP contribution in [0.4, 0.5) is 79.6 Å². The van der Waals surface area contributed by atoms with E-state index in [1.807, 2.05) is 0 Å². The summed E-state index contributed by atoms with van der Waals surface area (Å²) in [6, 6.07) is 17.1. The Bertz CT molecular complexity index is 7470. The van der Waals surface area contributed by atoms with Gasteiger partial charge in [0.2, 0.25) is 23.9 Å². The third-order valence-electron chi connectivity index (χ3n) is 18.6. The first-order valence-electron chi connectivity index (χ1n) is 39.1. The number of hydrazone groups is 2. The van der Waals surface area contributed by atoms with Crippen molar-refractivity contribution in [1.29, 1.82) is 0 Å². The Labute approximate surface area is 823 Å². The van der Waals surface area contributed by atoms with Gasteiger partial charge in [-0.05, 0) is 120 Å². The molecule has 4 amide bonds. The lowest BCUT2D eigenvalue weighted by atomic mass is 10.1. The highest BCUT2D eigenvalue weighted by Crippen LogP contribution is 2.55. The Morgan fingerprint density at radius 2 is 0.658 bits per heavy atom.